The minimum absolute atomic E-state index is 0.195. The van der Waals surface area contributed by atoms with Crippen LogP contribution in [-0.4, -0.2) is 34.1 Å². The molecule has 3 aliphatic carbocycles. The topological polar surface area (TPSA) is 49.7 Å². The van der Waals surface area contributed by atoms with Crippen LogP contribution in [0.15, 0.2) is 0 Å². The molecule has 0 unspecified atom stereocenters. The van der Waals surface area contributed by atoms with E-state index in [1.54, 1.807) is 0 Å². The summed E-state index contributed by atoms with van der Waals surface area (Å²) in [5.41, 5.74) is -1.38. The molecule has 0 aromatic heterocycles. The average molecular weight is 184 g/mol. The summed E-state index contributed by atoms with van der Waals surface area (Å²) in [6, 6.07) is 0. The first-order chi connectivity index (χ1) is 5.93. The van der Waals surface area contributed by atoms with Crippen molar-refractivity contribution in [1.82, 2.24) is 0 Å². The molecule has 1 aliphatic heterocycles. The van der Waals surface area contributed by atoms with Crippen molar-refractivity contribution in [1.29, 1.82) is 0 Å². The first kappa shape index (κ1) is 8.21. The van der Waals surface area contributed by atoms with Gasteiger partial charge >= 0.3 is 0 Å². The van der Waals surface area contributed by atoms with Gasteiger partial charge in [-0.2, -0.15) is 0 Å². The van der Waals surface area contributed by atoms with Crippen molar-refractivity contribution in [3.8, 4) is 0 Å². The van der Waals surface area contributed by atoms with Gasteiger partial charge in [-0.3, -0.25) is 0 Å². The number of rotatable bonds is 0. The Bertz CT molecular complexity index is 267. The van der Waals surface area contributed by atoms with Gasteiger partial charge in [0, 0.05) is 11.8 Å². The maximum absolute atomic E-state index is 10.4. The van der Waals surface area contributed by atoms with Gasteiger partial charge in [0.1, 0.15) is 5.60 Å². The van der Waals surface area contributed by atoms with Gasteiger partial charge in [-0.25, -0.2) is 0 Å². The summed E-state index contributed by atoms with van der Waals surface area (Å²) in [6.07, 6.45) is 1.01. The number of aliphatic hydroxyl groups is 2. The smallest absolute Gasteiger partial charge is 0.102 e. The predicted molar refractivity (Wildman–Crippen MR) is 46.1 cm³/mol. The van der Waals surface area contributed by atoms with E-state index in [9.17, 15) is 10.2 Å². The van der Waals surface area contributed by atoms with E-state index in [-0.39, 0.29) is 17.4 Å². The maximum Gasteiger partial charge on any atom is 0.102 e. The van der Waals surface area contributed by atoms with Gasteiger partial charge in [-0.15, -0.1) is 0 Å². The average Bonchev–Trinajstić information content (AvgIpc) is 2.18. The molecule has 5 atom stereocenters. The van der Waals surface area contributed by atoms with Crippen molar-refractivity contribution in [2.45, 2.75) is 44.0 Å². The molecule has 3 saturated carbocycles. The SMILES string of the molecule is C[C@]12C[C@@H](O)[C@@H]3C[C@@]1(O)[C@]3(C)CO2. The van der Waals surface area contributed by atoms with Gasteiger partial charge in [0.05, 0.1) is 18.3 Å². The van der Waals surface area contributed by atoms with Gasteiger partial charge in [0.2, 0.25) is 0 Å². The number of hydrogen-bond acceptors (Lipinski definition) is 3. The monoisotopic (exact) mass is 184 g/mol. The zero-order valence-electron chi connectivity index (χ0n) is 8.08. The third-order valence-electron chi connectivity index (χ3n) is 4.91. The number of aliphatic hydroxyl groups excluding tert-OH is 1. The molecular formula is C10H16O3. The highest BCUT2D eigenvalue weighted by atomic mass is 16.5. The molecule has 1 heterocycles. The fourth-order valence-corrected chi connectivity index (χ4v) is 3.76. The van der Waals surface area contributed by atoms with Crippen molar-refractivity contribution in [2.24, 2.45) is 11.3 Å². The molecule has 13 heavy (non-hydrogen) atoms. The van der Waals surface area contributed by atoms with Crippen LogP contribution in [0.25, 0.3) is 0 Å². The highest BCUT2D eigenvalue weighted by Crippen LogP contribution is 2.70. The molecule has 4 rings (SSSR count). The molecular weight excluding hydrogens is 168 g/mol. The van der Waals surface area contributed by atoms with Crippen molar-refractivity contribution in [2.75, 3.05) is 6.61 Å². The van der Waals surface area contributed by atoms with Crippen LogP contribution in [0.3, 0.4) is 0 Å². The summed E-state index contributed by atoms with van der Waals surface area (Å²) in [5.74, 6) is 0.244. The van der Waals surface area contributed by atoms with Crippen LogP contribution < -0.4 is 0 Å². The van der Waals surface area contributed by atoms with Gasteiger partial charge in [-0.05, 0) is 19.3 Å². The lowest BCUT2D eigenvalue weighted by molar-refractivity contribution is -0.281. The third kappa shape index (κ3) is 0.576. The van der Waals surface area contributed by atoms with E-state index < -0.39 is 11.2 Å². The molecule has 4 bridgehead atoms. The molecule has 0 radical (unpaired) electrons. The van der Waals surface area contributed by atoms with E-state index in [1.165, 1.54) is 0 Å². The second kappa shape index (κ2) is 1.81. The molecule has 0 spiro atoms. The van der Waals surface area contributed by atoms with Crippen LogP contribution in [0, 0.1) is 11.3 Å². The van der Waals surface area contributed by atoms with Crippen molar-refractivity contribution < 1.29 is 14.9 Å². The molecule has 74 valence electrons. The molecule has 0 amide bonds. The van der Waals surface area contributed by atoms with Crippen molar-refractivity contribution in [3.63, 3.8) is 0 Å². The Labute approximate surface area is 77.7 Å². The van der Waals surface area contributed by atoms with E-state index >= 15 is 0 Å². The van der Waals surface area contributed by atoms with Gasteiger partial charge < -0.3 is 14.9 Å². The lowest BCUT2D eigenvalue weighted by Crippen LogP contribution is -2.75. The predicted octanol–water partition coefficient (Wildman–Crippen LogP) is 0.297. The second-order valence-electron chi connectivity index (χ2n) is 5.38. The Morgan fingerprint density at radius 1 is 1.31 bits per heavy atom. The third-order valence-corrected chi connectivity index (χ3v) is 4.91. The summed E-state index contributed by atoms with van der Waals surface area (Å²) in [5, 5.41) is 20.3. The number of fused-ring (bicyclic) bond motifs is 1. The highest BCUT2D eigenvalue weighted by molar-refractivity contribution is 5.28. The molecule has 4 aliphatic rings. The van der Waals surface area contributed by atoms with Gasteiger partial charge in [0.25, 0.3) is 0 Å². The Hall–Kier alpha value is -0.120. The normalized spacial score (nSPS) is 69.2. The van der Waals surface area contributed by atoms with Crippen LogP contribution in [0.2, 0.25) is 0 Å². The van der Waals surface area contributed by atoms with E-state index in [0.717, 1.165) is 0 Å². The van der Waals surface area contributed by atoms with E-state index in [2.05, 4.69) is 0 Å². The first-order valence-electron chi connectivity index (χ1n) is 4.97. The Morgan fingerprint density at radius 3 is 2.62 bits per heavy atom. The minimum atomic E-state index is -0.677. The molecule has 3 heteroatoms. The van der Waals surface area contributed by atoms with E-state index in [1.807, 2.05) is 13.8 Å². The molecule has 3 nitrogen and oxygen atoms in total. The fraction of sp³-hybridized carbons (Fsp3) is 1.00. The molecule has 0 aromatic rings. The van der Waals surface area contributed by atoms with Crippen molar-refractivity contribution in [3.05, 3.63) is 0 Å². The standard InChI is InChI=1S/C10H16O3/c1-8-5-13-9(2)4-7(11)6(8)3-10(8,9)12/h6-7,11-12H,3-5H2,1-2H3/t6-,7+,8+,9-,10+/m0/s1. The molecule has 2 N–H and O–H groups in total. The van der Waals surface area contributed by atoms with E-state index in [4.69, 9.17) is 4.74 Å². The lowest BCUT2D eigenvalue weighted by atomic mass is 9.42. The van der Waals surface area contributed by atoms with Crippen LogP contribution in [0.4, 0.5) is 0 Å². The zero-order chi connectivity index (χ0) is 9.48. The summed E-state index contributed by atoms with van der Waals surface area (Å²) in [7, 11) is 0. The van der Waals surface area contributed by atoms with Gasteiger partial charge in [-0.1, -0.05) is 6.92 Å². The lowest BCUT2D eigenvalue weighted by Gasteiger charge is -2.65. The number of hydrogen-bond donors (Lipinski definition) is 2. The summed E-state index contributed by atoms with van der Waals surface area (Å²) >= 11 is 0. The number of ether oxygens (including phenoxy) is 1. The molecule has 0 aromatic carbocycles. The molecule has 4 fully saturated rings. The Kier molecular flexibility index (Phi) is 1.14. The highest BCUT2D eigenvalue weighted by Gasteiger charge is 2.79. The first-order valence-corrected chi connectivity index (χ1v) is 4.97. The summed E-state index contributed by atoms with van der Waals surface area (Å²) in [6.45, 7) is 4.56. The van der Waals surface area contributed by atoms with Crippen molar-refractivity contribution >= 4 is 0 Å². The molecule has 1 saturated heterocycles. The second-order valence-corrected chi connectivity index (χ2v) is 5.38. The maximum atomic E-state index is 10.4. The Balaban J connectivity index is 2.12. The minimum Gasteiger partial charge on any atom is -0.393 e. The summed E-state index contributed by atoms with van der Waals surface area (Å²) in [4.78, 5) is 0. The zero-order valence-corrected chi connectivity index (χ0v) is 8.08. The van der Waals surface area contributed by atoms with Crippen LogP contribution in [0.1, 0.15) is 26.7 Å². The Morgan fingerprint density at radius 2 is 2.00 bits per heavy atom. The van der Waals surface area contributed by atoms with Crippen LogP contribution in [0.5, 0.6) is 0 Å². The van der Waals surface area contributed by atoms with E-state index in [0.29, 0.717) is 19.4 Å². The van der Waals surface area contributed by atoms with Gasteiger partial charge in [0.15, 0.2) is 0 Å². The summed E-state index contributed by atoms with van der Waals surface area (Å²) < 4.78 is 5.68. The quantitative estimate of drug-likeness (QED) is 0.569. The van der Waals surface area contributed by atoms with Crippen LogP contribution >= 0.6 is 0 Å². The largest absolute Gasteiger partial charge is 0.393 e. The van der Waals surface area contributed by atoms with Crippen LogP contribution in [-0.2, 0) is 4.74 Å². The fourth-order valence-electron chi connectivity index (χ4n) is 3.76.